The molecule has 1 aliphatic heterocycles. The van der Waals surface area contributed by atoms with Crippen molar-refractivity contribution in [2.24, 2.45) is 0 Å². The van der Waals surface area contributed by atoms with E-state index in [0.29, 0.717) is 11.3 Å². The van der Waals surface area contributed by atoms with E-state index in [4.69, 9.17) is 10.5 Å². The number of nitrogens with two attached hydrogens (primary N) is 1. The molecule has 1 aliphatic rings. The lowest BCUT2D eigenvalue weighted by Crippen LogP contribution is -2.09. The van der Waals surface area contributed by atoms with Gasteiger partial charge in [0.2, 0.25) is 0 Å². The van der Waals surface area contributed by atoms with Gasteiger partial charge in [-0.25, -0.2) is 4.79 Å². The fourth-order valence-electron chi connectivity index (χ4n) is 3.69. The molecule has 4 aromatic rings. The van der Waals surface area contributed by atoms with Gasteiger partial charge in [-0.05, 0) is 30.3 Å². The van der Waals surface area contributed by atoms with Gasteiger partial charge in [0.15, 0.2) is 6.10 Å². The average Bonchev–Trinajstić information content (AvgIpc) is 3.21. The second-order valence-corrected chi connectivity index (χ2v) is 6.39. The SMILES string of the molecule is Nc1ccccc1-n1c(C2OC(=O)c3ccccc32)cc2ccccc21. The molecule has 4 nitrogen and oxygen atoms in total. The summed E-state index contributed by atoms with van der Waals surface area (Å²) >= 11 is 0. The Kier molecular flexibility index (Phi) is 3.12. The lowest BCUT2D eigenvalue weighted by molar-refractivity contribution is 0.0447. The normalized spacial score (nSPS) is 15.8. The summed E-state index contributed by atoms with van der Waals surface area (Å²) in [6.45, 7) is 0. The first-order valence-electron chi connectivity index (χ1n) is 8.49. The van der Waals surface area contributed by atoms with Gasteiger partial charge in [0.05, 0.1) is 28.1 Å². The molecule has 2 N–H and O–H groups in total. The topological polar surface area (TPSA) is 57.2 Å². The highest BCUT2D eigenvalue weighted by Crippen LogP contribution is 2.40. The van der Waals surface area contributed by atoms with Crippen LogP contribution in [0.3, 0.4) is 0 Å². The van der Waals surface area contributed by atoms with Crippen LogP contribution in [0.5, 0.6) is 0 Å². The number of para-hydroxylation sites is 3. The zero-order chi connectivity index (χ0) is 17.7. The first-order chi connectivity index (χ1) is 12.7. The van der Waals surface area contributed by atoms with Crippen molar-refractivity contribution in [3.8, 4) is 5.69 Å². The van der Waals surface area contributed by atoms with Crippen molar-refractivity contribution in [1.29, 1.82) is 0 Å². The van der Waals surface area contributed by atoms with Crippen LogP contribution in [-0.4, -0.2) is 10.5 Å². The van der Waals surface area contributed by atoms with E-state index in [-0.39, 0.29) is 5.97 Å². The van der Waals surface area contributed by atoms with Gasteiger partial charge in [0, 0.05) is 10.9 Å². The fraction of sp³-hybridized carbons (Fsp3) is 0.0455. The Hall–Kier alpha value is -3.53. The van der Waals surface area contributed by atoms with Crippen LogP contribution in [0.15, 0.2) is 78.9 Å². The van der Waals surface area contributed by atoms with Gasteiger partial charge in [0.25, 0.3) is 0 Å². The predicted molar refractivity (Wildman–Crippen MR) is 101 cm³/mol. The number of nitrogen functional groups attached to an aromatic ring is 1. The molecule has 0 radical (unpaired) electrons. The van der Waals surface area contributed by atoms with Gasteiger partial charge in [-0.2, -0.15) is 0 Å². The molecule has 0 aliphatic carbocycles. The zero-order valence-electron chi connectivity index (χ0n) is 13.9. The number of nitrogens with zero attached hydrogens (tertiary/aromatic N) is 1. The highest BCUT2D eigenvalue weighted by atomic mass is 16.5. The summed E-state index contributed by atoms with van der Waals surface area (Å²) in [7, 11) is 0. The molecule has 2 heterocycles. The molecule has 0 amide bonds. The molecule has 0 saturated heterocycles. The monoisotopic (exact) mass is 340 g/mol. The van der Waals surface area contributed by atoms with Crippen molar-refractivity contribution in [2.75, 3.05) is 5.73 Å². The Bertz CT molecular complexity index is 1160. The van der Waals surface area contributed by atoms with Gasteiger partial charge in [-0.3, -0.25) is 0 Å². The number of carbonyl (C=O) groups is 1. The Balaban J connectivity index is 1.81. The average molecular weight is 340 g/mol. The Morgan fingerprint density at radius 3 is 2.50 bits per heavy atom. The standard InChI is InChI=1S/C22H16N2O2/c23-17-10-4-6-12-19(17)24-18-11-5-1-7-14(18)13-20(24)21-15-8-2-3-9-16(15)22(25)26-21/h1-13,21H,23H2. The van der Waals surface area contributed by atoms with Crippen molar-refractivity contribution in [3.05, 3.63) is 95.7 Å². The quantitative estimate of drug-likeness (QED) is 0.432. The van der Waals surface area contributed by atoms with Crippen LogP contribution < -0.4 is 5.73 Å². The van der Waals surface area contributed by atoms with Crippen molar-refractivity contribution in [3.63, 3.8) is 0 Å². The van der Waals surface area contributed by atoms with Crippen LogP contribution >= 0.6 is 0 Å². The predicted octanol–water partition coefficient (Wildman–Crippen LogP) is 4.47. The summed E-state index contributed by atoms with van der Waals surface area (Å²) in [6, 6.07) is 25.4. The summed E-state index contributed by atoms with van der Waals surface area (Å²) in [6.07, 6.45) is -0.453. The van der Waals surface area contributed by atoms with E-state index in [2.05, 4.69) is 16.7 Å². The number of anilines is 1. The van der Waals surface area contributed by atoms with Crippen LogP contribution in [0.4, 0.5) is 5.69 Å². The summed E-state index contributed by atoms with van der Waals surface area (Å²) in [5.74, 6) is -0.288. The highest BCUT2D eigenvalue weighted by Gasteiger charge is 2.34. The van der Waals surface area contributed by atoms with E-state index in [1.807, 2.05) is 66.7 Å². The largest absolute Gasteiger partial charge is 0.447 e. The van der Waals surface area contributed by atoms with Crippen LogP contribution in [0.25, 0.3) is 16.6 Å². The van der Waals surface area contributed by atoms with Gasteiger partial charge in [-0.1, -0.05) is 48.5 Å². The highest BCUT2D eigenvalue weighted by molar-refractivity contribution is 5.95. The molecule has 5 rings (SSSR count). The fourth-order valence-corrected chi connectivity index (χ4v) is 3.69. The molecule has 4 heteroatoms. The number of esters is 1. The number of ether oxygens (including phenoxy) is 1. The number of aromatic nitrogens is 1. The van der Waals surface area contributed by atoms with E-state index >= 15 is 0 Å². The second-order valence-electron chi connectivity index (χ2n) is 6.39. The number of fused-ring (bicyclic) bond motifs is 2. The first-order valence-corrected chi connectivity index (χ1v) is 8.49. The van der Waals surface area contributed by atoms with Crippen molar-refractivity contribution in [1.82, 2.24) is 4.57 Å². The summed E-state index contributed by atoms with van der Waals surface area (Å²) in [5, 5.41) is 1.08. The van der Waals surface area contributed by atoms with E-state index in [0.717, 1.165) is 27.8 Å². The summed E-state index contributed by atoms with van der Waals surface area (Å²) in [5.41, 5.74) is 11.2. The number of cyclic esters (lactones) is 1. The third kappa shape index (κ3) is 2.05. The molecular weight excluding hydrogens is 324 g/mol. The lowest BCUT2D eigenvalue weighted by Gasteiger charge is -2.17. The molecule has 1 atom stereocenters. The summed E-state index contributed by atoms with van der Waals surface area (Å²) in [4.78, 5) is 12.3. The zero-order valence-corrected chi connectivity index (χ0v) is 13.9. The Morgan fingerprint density at radius 1 is 0.885 bits per heavy atom. The number of carbonyl (C=O) groups excluding carboxylic acids is 1. The number of hydrogen-bond donors (Lipinski definition) is 1. The summed E-state index contributed by atoms with van der Waals surface area (Å²) < 4.78 is 7.84. The minimum Gasteiger partial charge on any atom is -0.447 e. The molecule has 0 saturated carbocycles. The smallest absolute Gasteiger partial charge is 0.339 e. The van der Waals surface area contributed by atoms with Crippen LogP contribution in [0.1, 0.15) is 27.7 Å². The third-order valence-electron chi connectivity index (χ3n) is 4.87. The first kappa shape index (κ1) is 14.8. The Morgan fingerprint density at radius 2 is 1.62 bits per heavy atom. The maximum Gasteiger partial charge on any atom is 0.339 e. The van der Waals surface area contributed by atoms with E-state index in [1.165, 1.54) is 0 Å². The van der Waals surface area contributed by atoms with Crippen molar-refractivity contribution < 1.29 is 9.53 Å². The Labute approximate surface area is 150 Å². The lowest BCUT2D eigenvalue weighted by atomic mass is 10.0. The van der Waals surface area contributed by atoms with E-state index < -0.39 is 6.10 Å². The van der Waals surface area contributed by atoms with Crippen molar-refractivity contribution in [2.45, 2.75) is 6.10 Å². The molecule has 0 fully saturated rings. The van der Waals surface area contributed by atoms with E-state index in [1.54, 1.807) is 0 Å². The molecule has 126 valence electrons. The van der Waals surface area contributed by atoms with Gasteiger partial charge in [0.1, 0.15) is 0 Å². The van der Waals surface area contributed by atoms with Crippen LogP contribution in [0, 0.1) is 0 Å². The maximum atomic E-state index is 12.3. The number of hydrogen-bond acceptors (Lipinski definition) is 3. The molecule has 1 aromatic heterocycles. The molecular formula is C22H16N2O2. The van der Waals surface area contributed by atoms with Gasteiger partial charge < -0.3 is 15.0 Å². The van der Waals surface area contributed by atoms with E-state index in [9.17, 15) is 4.79 Å². The molecule has 0 bridgehead atoms. The van der Waals surface area contributed by atoms with Crippen molar-refractivity contribution >= 4 is 22.6 Å². The second kappa shape index (κ2) is 5.49. The molecule has 0 spiro atoms. The third-order valence-corrected chi connectivity index (χ3v) is 4.87. The van der Waals surface area contributed by atoms with Crippen LogP contribution in [-0.2, 0) is 4.74 Å². The molecule has 3 aromatic carbocycles. The van der Waals surface area contributed by atoms with Gasteiger partial charge in [-0.15, -0.1) is 0 Å². The number of rotatable bonds is 2. The molecule has 1 unspecified atom stereocenters. The van der Waals surface area contributed by atoms with Gasteiger partial charge >= 0.3 is 5.97 Å². The maximum absolute atomic E-state index is 12.3. The number of benzene rings is 3. The minimum atomic E-state index is -0.453. The van der Waals surface area contributed by atoms with Crippen LogP contribution in [0.2, 0.25) is 0 Å². The molecule has 26 heavy (non-hydrogen) atoms. The minimum absolute atomic E-state index is 0.288.